The van der Waals surface area contributed by atoms with Crippen LogP contribution in [0.3, 0.4) is 0 Å². The number of ketones is 1. The van der Waals surface area contributed by atoms with Gasteiger partial charge in [-0.25, -0.2) is 17.9 Å². The molecule has 150 valence electrons. The number of rotatable bonds is 7. The second kappa shape index (κ2) is 8.19. The normalized spacial score (nSPS) is 12.2. The number of sulfonamides is 1. The van der Waals surface area contributed by atoms with Gasteiger partial charge in [0, 0.05) is 11.3 Å². The molecule has 1 aromatic heterocycles. The Balaban J connectivity index is 1.68. The van der Waals surface area contributed by atoms with E-state index in [9.17, 15) is 18.0 Å². The molecular weight excluding hydrogens is 398 g/mol. The van der Waals surface area contributed by atoms with E-state index >= 15 is 0 Å². The first-order valence-electron chi connectivity index (χ1n) is 8.39. The summed E-state index contributed by atoms with van der Waals surface area (Å²) in [6, 6.07) is 12.3. The number of carbonyl (C=O) groups is 2. The molecule has 10 nitrogen and oxygen atoms in total. The summed E-state index contributed by atoms with van der Waals surface area (Å²) in [5.41, 5.74) is 1.42. The quantitative estimate of drug-likeness (QED) is 0.453. The van der Waals surface area contributed by atoms with Gasteiger partial charge in [-0.05, 0) is 59.8 Å². The van der Waals surface area contributed by atoms with Crippen LogP contribution in [0.1, 0.15) is 27.6 Å². The van der Waals surface area contributed by atoms with Crippen LogP contribution in [0.25, 0.3) is 5.69 Å². The fourth-order valence-corrected chi connectivity index (χ4v) is 3.05. The molecule has 0 aliphatic rings. The number of hydrogen-bond acceptors (Lipinski definition) is 8. The van der Waals surface area contributed by atoms with Gasteiger partial charge in [0.25, 0.3) is 0 Å². The summed E-state index contributed by atoms with van der Waals surface area (Å²) in [4.78, 5) is 24.9. The third kappa shape index (κ3) is 5.23. The molecule has 3 aromatic rings. The van der Waals surface area contributed by atoms with Crippen LogP contribution in [0.15, 0.2) is 54.9 Å². The van der Waals surface area contributed by atoms with Crippen LogP contribution in [-0.2, 0) is 14.8 Å². The molecule has 0 fully saturated rings. The number of hydrogen-bond donors (Lipinski definition) is 1. The zero-order valence-electron chi connectivity index (χ0n) is 15.5. The van der Waals surface area contributed by atoms with Gasteiger partial charge in [0.1, 0.15) is 6.33 Å². The monoisotopic (exact) mass is 415 g/mol. The lowest BCUT2D eigenvalue weighted by Crippen LogP contribution is -2.24. The van der Waals surface area contributed by atoms with Crippen molar-refractivity contribution < 1.29 is 22.7 Å². The minimum atomic E-state index is -3.41. The second-order valence-electron chi connectivity index (χ2n) is 6.17. The topological polar surface area (TPSA) is 133 Å². The van der Waals surface area contributed by atoms with Crippen LogP contribution in [0.5, 0.6) is 0 Å². The zero-order valence-corrected chi connectivity index (χ0v) is 16.3. The Bertz CT molecular complexity index is 1130. The van der Waals surface area contributed by atoms with Crippen molar-refractivity contribution in [1.29, 1.82) is 0 Å². The summed E-state index contributed by atoms with van der Waals surface area (Å²) in [5, 5.41) is 10.8. The number of tetrazole rings is 1. The minimum Gasteiger partial charge on any atom is -0.451 e. The molecular formula is C18H17N5O5S. The molecule has 1 heterocycles. The predicted molar refractivity (Wildman–Crippen MR) is 103 cm³/mol. The van der Waals surface area contributed by atoms with Crippen molar-refractivity contribution in [2.24, 2.45) is 0 Å². The average Bonchev–Trinajstić information content (AvgIpc) is 3.21. The predicted octanol–water partition coefficient (Wildman–Crippen LogP) is 1.46. The molecule has 29 heavy (non-hydrogen) atoms. The fraction of sp³-hybridized carbons (Fsp3) is 0.167. The first kappa shape index (κ1) is 20.1. The summed E-state index contributed by atoms with van der Waals surface area (Å²) in [7, 11) is -3.41. The van der Waals surface area contributed by atoms with E-state index in [0.717, 1.165) is 6.26 Å². The van der Waals surface area contributed by atoms with Gasteiger partial charge in [0.2, 0.25) is 15.8 Å². The molecule has 3 rings (SSSR count). The summed E-state index contributed by atoms with van der Waals surface area (Å²) in [5.74, 6) is -1.09. The third-order valence-electron chi connectivity index (χ3n) is 3.82. The SMILES string of the molecule is CC(OC(=O)c1cccc(-n2cnnn2)c1)C(=O)c1ccc(NS(C)(=O)=O)cc1. The number of benzene rings is 2. The van der Waals surface area contributed by atoms with Gasteiger partial charge in [0.05, 0.1) is 17.5 Å². The van der Waals surface area contributed by atoms with Crippen molar-refractivity contribution in [3.63, 3.8) is 0 Å². The molecule has 0 saturated carbocycles. The van der Waals surface area contributed by atoms with Crippen LogP contribution < -0.4 is 4.72 Å². The Morgan fingerprint density at radius 1 is 1.10 bits per heavy atom. The summed E-state index contributed by atoms with van der Waals surface area (Å²) in [6.07, 6.45) is 1.38. The van der Waals surface area contributed by atoms with Crippen molar-refractivity contribution in [1.82, 2.24) is 20.2 Å². The minimum absolute atomic E-state index is 0.241. The number of nitrogens with zero attached hydrogens (tertiary/aromatic N) is 4. The van der Waals surface area contributed by atoms with Gasteiger partial charge in [-0.2, -0.15) is 0 Å². The molecule has 11 heteroatoms. The number of carbonyl (C=O) groups excluding carboxylic acids is 2. The maximum Gasteiger partial charge on any atom is 0.338 e. The first-order valence-corrected chi connectivity index (χ1v) is 10.3. The number of esters is 1. The highest BCUT2D eigenvalue weighted by molar-refractivity contribution is 7.92. The second-order valence-corrected chi connectivity index (χ2v) is 7.92. The van der Waals surface area contributed by atoms with Crippen LogP contribution >= 0.6 is 0 Å². The summed E-state index contributed by atoms with van der Waals surface area (Å²) in [6.45, 7) is 1.47. The Morgan fingerprint density at radius 3 is 2.45 bits per heavy atom. The Kier molecular flexibility index (Phi) is 5.69. The third-order valence-corrected chi connectivity index (χ3v) is 4.43. The highest BCUT2D eigenvalue weighted by Gasteiger charge is 2.21. The van der Waals surface area contributed by atoms with E-state index in [1.165, 1.54) is 42.2 Å². The van der Waals surface area contributed by atoms with Gasteiger partial charge in [0.15, 0.2) is 6.10 Å². The van der Waals surface area contributed by atoms with Crippen molar-refractivity contribution >= 4 is 27.5 Å². The van der Waals surface area contributed by atoms with Crippen LogP contribution in [0.4, 0.5) is 5.69 Å². The van der Waals surface area contributed by atoms with Gasteiger partial charge in [-0.1, -0.05) is 6.07 Å². The molecule has 1 N–H and O–H groups in total. The van der Waals surface area contributed by atoms with E-state index in [-0.39, 0.29) is 11.1 Å². The number of aromatic nitrogens is 4. The van der Waals surface area contributed by atoms with E-state index in [0.29, 0.717) is 11.4 Å². The van der Waals surface area contributed by atoms with Crippen molar-refractivity contribution in [3.8, 4) is 5.69 Å². The van der Waals surface area contributed by atoms with E-state index in [2.05, 4.69) is 20.2 Å². The molecule has 0 saturated heterocycles. The van der Waals surface area contributed by atoms with E-state index in [1.54, 1.807) is 24.3 Å². The number of Topliss-reactive ketones (excluding diaryl/α,β-unsaturated/α-hetero) is 1. The lowest BCUT2D eigenvalue weighted by atomic mass is 10.1. The molecule has 0 aliphatic heterocycles. The van der Waals surface area contributed by atoms with Crippen molar-refractivity contribution in [2.45, 2.75) is 13.0 Å². The number of anilines is 1. The maximum absolute atomic E-state index is 12.5. The van der Waals surface area contributed by atoms with E-state index in [4.69, 9.17) is 4.74 Å². The molecule has 0 aliphatic carbocycles. The van der Waals surface area contributed by atoms with E-state index in [1.807, 2.05) is 0 Å². The Morgan fingerprint density at radius 2 is 1.83 bits per heavy atom. The highest BCUT2D eigenvalue weighted by atomic mass is 32.2. The van der Waals surface area contributed by atoms with Gasteiger partial charge in [-0.3, -0.25) is 9.52 Å². The first-order chi connectivity index (χ1) is 13.7. The van der Waals surface area contributed by atoms with Crippen LogP contribution in [0.2, 0.25) is 0 Å². The lowest BCUT2D eigenvalue weighted by molar-refractivity contribution is 0.0319. The summed E-state index contributed by atoms with van der Waals surface area (Å²) >= 11 is 0. The number of nitrogens with one attached hydrogen (secondary N) is 1. The average molecular weight is 415 g/mol. The maximum atomic E-state index is 12.5. The van der Waals surface area contributed by atoms with Gasteiger partial charge >= 0.3 is 5.97 Å². The van der Waals surface area contributed by atoms with Crippen molar-refractivity contribution in [3.05, 3.63) is 66.0 Å². The van der Waals surface area contributed by atoms with Crippen molar-refractivity contribution in [2.75, 3.05) is 11.0 Å². The Labute approximate surface area is 166 Å². The molecule has 0 radical (unpaired) electrons. The van der Waals surface area contributed by atoms with E-state index < -0.39 is 27.9 Å². The fourth-order valence-electron chi connectivity index (χ4n) is 2.49. The standard InChI is InChI=1S/C18H17N5O5S/c1-12(17(24)13-6-8-15(9-7-13)20-29(2,26)27)28-18(25)14-4-3-5-16(10-14)23-11-19-21-22-23/h3-12,20H,1-2H3. The largest absolute Gasteiger partial charge is 0.451 e. The zero-order chi connectivity index (χ0) is 21.0. The molecule has 0 spiro atoms. The number of ether oxygens (including phenoxy) is 1. The highest BCUT2D eigenvalue weighted by Crippen LogP contribution is 2.15. The Hall–Kier alpha value is -3.60. The lowest BCUT2D eigenvalue weighted by Gasteiger charge is -2.13. The molecule has 2 aromatic carbocycles. The van der Waals surface area contributed by atoms with Crippen LogP contribution in [-0.4, -0.2) is 52.7 Å². The molecule has 1 atom stereocenters. The van der Waals surface area contributed by atoms with Crippen LogP contribution in [0, 0.1) is 0 Å². The molecule has 0 bridgehead atoms. The summed E-state index contributed by atoms with van der Waals surface area (Å²) < 4.78 is 31.4. The van der Waals surface area contributed by atoms with Gasteiger partial charge in [-0.15, -0.1) is 5.10 Å². The molecule has 0 amide bonds. The molecule has 1 unspecified atom stereocenters. The van der Waals surface area contributed by atoms with Gasteiger partial charge < -0.3 is 4.74 Å². The smallest absolute Gasteiger partial charge is 0.338 e.